The normalized spacial score (nSPS) is 12.4. The number of unbranched alkanes of at least 4 members (excludes halogenated alkanes) is 3. The molecule has 4 nitrogen and oxygen atoms in total. The van der Waals surface area contributed by atoms with Gasteiger partial charge in [-0.15, -0.1) is 0 Å². The molecule has 102 valence electrons. The molecule has 1 aromatic heterocycles. The fourth-order valence-corrected chi connectivity index (χ4v) is 2.07. The van der Waals surface area contributed by atoms with Crippen molar-refractivity contribution in [3.63, 3.8) is 0 Å². The van der Waals surface area contributed by atoms with Crippen molar-refractivity contribution >= 4 is 17.6 Å². The highest BCUT2D eigenvalue weighted by Crippen LogP contribution is 2.19. The summed E-state index contributed by atoms with van der Waals surface area (Å²) in [5.41, 5.74) is 5.71. The molecule has 1 atom stereocenters. The molecule has 0 fully saturated rings. The van der Waals surface area contributed by atoms with E-state index in [1.165, 1.54) is 37.4 Å². The van der Waals surface area contributed by atoms with Crippen molar-refractivity contribution in [2.75, 3.05) is 12.0 Å². The fourth-order valence-electron chi connectivity index (χ4n) is 1.70. The Labute approximate surface area is 114 Å². The molecule has 0 aliphatic rings. The Morgan fingerprint density at radius 3 is 2.78 bits per heavy atom. The van der Waals surface area contributed by atoms with Crippen molar-refractivity contribution in [3.8, 4) is 5.88 Å². The second kappa shape index (κ2) is 8.19. The van der Waals surface area contributed by atoms with Crippen LogP contribution in [-0.2, 0) is 0 Å². The molecule has 1 rings (SSSR count). The molecular weight excluding hydrogens is 246 g/mol. The van der Waals surface area contributed by atoms with Crippen LogP contribution in [0.5, 0.6) is 5.88 Å². The first-order chi connectivity index (χ1) is 8.65. The largest absolute Gasteiger partial charge is 0.474 e. The predicted octanol–water partition coefficient (Wildman–Crippen LogP) is 3.52. The number of anilines is 1. The summed E-state index contributed by atoms with van der Waals surface area (Å²) in [4.78, 5) is 8.38. The lowest BCUT2D eigenvalue weighted by Gasteiger charge is -2.14. The molecule has 0 aliphatic carbocycles. The highest BCUT2D eigenvalue weighted by atomic mass is 32.2. The van der Waals surface area contributed by atoms with E-state index in [-0.39, 0.29) is 6.10 Å². The number of nitrogen functional groups attached to an aromatic ring is 1. The number of thioether (sulfide) groups is 1. The van der Waals surface area contributed by atoms with E-state index in [1.54, 1.807) is 6.07 Å². The van der Waals surface area contributed by atoms with Gasteiger partial charge in [0.1, 0.15) is 5.82 Å². The second-order valence-electron chi connectivity index (χ2n) is 4.40. The van der Waals surface area contributed by atoms with Gasteiger partial charge >= 0.3 is 0 Å². The van der Waals surface area contributed by atoms with Crippen molar-refractivity contribution in [2.45, 2.75) is 57.2 Å². The second-order valence-corrected chi connectivity index (χ2v) is 5.17. The number of aromatic nitrogens is 2. The monoisotopic (exact) mass is 269 g/mol. The van der Waals surface area contributed by atoms with Crippen molar-refractivity contribution in [1.82, 2.24) is 9.97 Å². The SMILES string of the molecule is CCCCCCC(C)Oc1cc(N)nc(SC)n1. The van der Waals surface area contributed by atoms with Crippen LogP contribution in [0.2, 0.25) is 0 Å². The first-order valence-corrected chi connectivity index (χ1v) is 7.73. The number of hydrogen-bond donors (Lipinski definition) is 1. The maximum Gasteiger partial charge on any atom is 0.219 e. The molecule has 0 saturated carbocycles. The Hall–Kier alpha value is -0.970. The van der Waals surface area contributed by atoms with Gasteiger partial charge in [0, 0.05) is 6.07 Å². The number of hydrogen-bond acceptors (Lipinski definition) is 5. The molecule has 0 aromatic carbocycles. The molecule has 2 N–H and O–H groups in total. The van der Waals surface area contributed by atoms with Crippen LogP contribution in [0.4, 0.5) is 5.82 Å². The summed E-state index contributed by atoms with van der Waals surface area (Å²) >= 11 is 1.47. The van der Waals surface area contributed by atoms with Crippen LogP contribution in [0, 0.1) is 0 Å². The lowest BCUT2D eigenvalue weighted by atomic mass is 10.1. The zero-order valence-corrected chi connectivity index (χ0v) is 12.3. The van der Waals surface area contributed by atoms with Crippen LogP contribution in [0.15, 0.2) is 11.2 Å². The van der Waals surface area contributed by atoms with Crippen molar-refractivity contribution in [2.24, 2.45) is 0 Å². The standard InChI is InChI=1S/C13H23N3OS/c1-4-5-6-7-8-10(2)17-12-9-11(14)15-13(16-12)18-3/h9-10H,4-8H2,1-3H3,(H2,14,15,16). The van der Waals surface area contributed by atoms with Crippen molar-refractivity contribution < 1.29 is 4.74 Å². The maximum absolute atomic E-state index is 5.77. The lowest BCUT2D eigenvalue weighted by molar-refractivity contribution is 0.196. The third kappa shape index (κ3) is 5.58. The van der Waals surface area contributed by atoms with E-state index in [1.807, 2.05) is 6.26 Å². The van der Waals surface area contributed by atoms with Gasteiger partial charge in [0.05, 0.1) is 6.10 Å². The van der Waals surface area contributed by atoms with Gasteiger partial charge in [0.25, 0.3) is 0 Å². The first-order valence-electron chi connectivity index (χ1n) is 6.51. The zero-order valence-electron chi connectivity index (χ0n) is 11.5. The Kier molecular flexibility index (Phi) is 6.86. The number of rotatable bonds is 8. The molecular formula is C13H23N3OS. The van der Waals surface area contributed by atoms with Gasteiger partial charge in [-0.1, -0.05) is 37.9 Å². The number of ether oxygens (including phenoxy) is 1. The van der Waals surface area contributed by atoms with Crippen molar-refractivity contribution in [1.29, 1.82) is 0 Å². The van der Waals surface area contributed by atoms with Crippen LogP contribution in [0.25, 0.3) is 0 Å². The molecule has 5 heteroatoms. The van der Waals surface area contributed by atoms with E-state index >= 15 is 0 Å². The fraction of sp³-hybridized carbons (Fsp3) is 0.692. The molecule has 0 saturated heterocycles. The van der Waals surface area contributed by atoms with E-state index in [4.69, 9.17) is 10.5 Å². The van der Waals surface area contributed by atoms with Gasteiger partial charge in [0.15, 0.2) is 5.16 Å². The van der Waals surface area contributed by atoms with Crippen LogP contribution in [0.1, 0.15) is 46.0 Å². The molecule has 1 heterocycles. The Morgan fingerprint density at radius 1 is 1.33 bits per heavy atom. The van der Waals surface area contributed by atoms with E-state index in [9.17, 15) is 0 Å². The number of nitrogens with two attached hydrogens (primary N) is 1. The summed E-state index contributed by atoms with van der Waals surface area (Å²) in [5, 5.41) is 0.656. The molecule has 0 radical (unpaired) electrons. The summed E-state index contributed by atoms with van der Waals surface area (Å²) in [6.07, 6.45) is 8.17. The zero-order chi connectivity index (χ0) is 13.4. The highest BCUT2D eigenvalue weighted by Gasteiger charge is 2.07. The molecule has 0 aliphatic heterocycles. The van der Waals surface area contributed by atoms with Gasteiger partial charge in [-0.2, -0.15) is 4.98 Å². The van der Waals surface area contributed by atoms with Crippen LogP contribution >= 0.6 is 11.8 Å². The van der Waals surface area contributed by atoms with Gasteiger partial charge in [-0.05, 0) is 26.0 Å². The van der Waals surface area contributed by atoms with Crippen LogP contribution in [-0.4, -0.2) is 22.3 Å². The molecule has 1 aromatic rings. The van der Waals surface area contributed by atoms with Crippen LogP contribution < -0.4 is 10.5 Å². The third-order valence-corrected chi connectivity index (χ3v) is 3.22. The highest BCUT2D eigenvalue weighted by molar-refractivity contribution is 7.98. The van der Waals surface area contributed by atoms with Gasteiger partial charge in [-0.3, -0.25) is 0 Å². The molecule has 1 unspecified atom stereocenters. The van der Waals surface area contributed by atoms with Gasteiger partial charge in [-0.25, -0.2) is 4.98 Å². The van der Waals surface area contributed by atoms with E-state index in [2.05, 4.69) is 23.8 Å². The average Bonchev–Trinajstić information content (AvgIpc) is 2.34. The minimum Gasteiger partial charge on any atom is -0.474 e. The Balaban J connectivity index is 2.43. The minimum absolute atomic E-state index is 0.172. The summed E-state index contributed by atoms with van der Waals surface area (Å²) in [6.45, 7) is 4.29. The smallest absolute Gasteiger partial charge is 0.219 e. The molecule has 0 amide bonds. The summed E-state index contributed by atoms with van der Waals surface area (Å²) < 4.78 is 5.77. The van der Waals surface area contributed by atoms with E-state index < -0.39 is 0 Å². The first kappa shape index (κ1) is 15.1. The lowest BCUT2D eigenvalue weighted by Crippen LogP contribution is -2.13. The van der Waals surface area contributed by atoms with E-state index in [0.29, 0.717) is 16.9 Å². The Morgan fingerprint density at radius 2 is 2.11 bits per heavy atom. The minimum atomic E-state index is 0.172. The molecule has 0 bridgehead atoms. The summed E-state index contributed by atoms with van der Waals surface area (Å²) in [6, 6.07) is 1.68. The quantitative estimate of drug-likeness (QED) is 0.444. The predicted molar refractivity (Wildman–Crippen MR) is 77.1 cm³/mol. The summed E-state index contributed by atoms with van der Waals surface area (Å²) in [7, 11) is 0. The van der Waals surface area contributed by atoms with Crippen LogP contribution in [0.3, 0.4) is 0 Å². The molecule has 0 spiro atoms. The maximum atomic E-state index is 5.77. The van der Waals surface area contributed by atoms with Gasteiger partial charge < -0.3 is 10.5 Å². The van der Waals surface area contributed by atoms with E-state index in [0.717, 1.165) is 6.42 Å². The molecule has 18 heavy (non-hydrogen) atoms. The Bertz CT molecular complexity index is 360. The average molecular weight is 269 g/mol. The van der Waals surface area contributed by atoms with Crippen molar-refractivity contribution in [3.05, 3.63) is 6.07 Å². The summed E-state index contributed by atoms with van der Waals surface area (Å²) in [5.74, 6) is 1.04. The number of nitrogens with zero attached hydrogens (tertiary/aromatic N) is 2. The van der Waals surface area contributed by atoms with Gasteiger partial charge in [0.2, 0.25) is 5.88 Å². The topological polar surface area (TPSA) is 61.0 Å². The third-order valence-electron chi connectivity index (χ3n) is 2.67.